The number of hydrogen-bond donors (Lipinski definition) is 1. The fourth-order valence-electron chi connectivity index (χ4n) is 2.57. The third kappa shape index (κ3) is 7.07. The summed E-state index contributed by atoms with van der Waals surface area (Å²) in [5, 5.41) is 4.93. The second kappa shape index (κ2) is 10.5. The van der Waals surface area contributed by atoms with Gasteiger partial charge in [0, 0.05) is 68.9 Å². The second-order valence-corrected chi connectivity index (χ2v) is 8.01. The first kappa shape index (κ1) is 19.8. The van der Waals surface area contributed by atoms with Gasteiger partial charge in [0.05, 0.1) is 0 Å². The largest absolute Gasteiger partial charge is 0.355 e. The number of nitrogens with zero attached hydrogens (tertiary/aromatic N) is 2. The molecule has 25 heavy (non-hydrogen) atoms. The number of thioether (sulfide) groups is 1. The minimum Gasteiger partial charge on any atom is -0.355 e. The standard InChI is InChI=1S/C17H25N3O3S2/c1-14(21)19-7-9-20(10-8-19)17(23)5-4-16(22)18-6-12-24-13-15-3-2-11-25-15/h2-3,11H,4-10,12-13H2,1H3,(H,18,22). The number of thiophene rings is 1. The lowest BCUT2D eigenvalue weighted by atomic mass is 10.2. The van der Waals surface area contributed by atoms with Crippen LogP contribution in [-0.2, 0) is 20.1 Å². The van der Waals surface area contributed by atoms with Gasteiger partial charge in [-0.1, -0.05) is 6.07 Å². The molecule has 6 nitrogen and oxygen atoms in total. The number of nitrogens with one attached hydrogen (secondary N) is 1. The maximum Gasteiger partial charge on any atom is 0.223 e. The summed E-state index contributed by atoms with van der Waals surface area (Å²) in [6.07, 6.45) is 0.454. The Labute approximate surface area is 156 Å². The second-order valence-electron chi connectivity index (χ2n) is 5.87. The van der Waals surface area contributed by atoms with E-state index in [-0.39, 0.29) is 30.6 Å². The SMILES string of the molecule is CC(=O)N1CCN(C(=O)CCC(=O)NCCSCc2cccs2)CC1. The molecule has 3 amide bonds. The van der Waals surface area contributed by atoms with Gasteiger partial charge in [0.1, 0.15) is 0 Å². The lowest BCUT2D eigenvalue weighted by molar-refractivity contribution is -0.139. The first-order valence-electron chi connectivity index (χ1n) is 8.46. The molecular weight excluding hydrogens is 358 g/mol. The van der Waals surface area contributed by atoms with E-state index < -0.39 is 0 Å². The summed E-state index contributed by atoms with van der Waals surface area (Å²) in [5.41, 5.74) is 0. The first-order chi connectivity index (χ1) is 12.1. The van der Waals surface area contributed by atoms with Gasteiger partial charge in [0.25, 0.3) is 0 Å². The van der Waals surface area contributed by atoms with Gasteiger partial charge >= 0.3 is 0 Å². The predicted octanol–water partition coefficient (Wildman–Crippen LogP) is 1.57. The molecule has 0 bridgehead atoms. The summed E-state index contributed by atoms with van der Waals surface area (Å²) in [6.45, 7) is 4.43. The fourth-order valence-corrected chi connectivity index (χ4v) is 4.27. The van der Waals surface area contributed by atoms with Gasteiger partial charge in [-0.05, 0) is 11.4 Å². The molecule has 138 valence electrons. The van der Waals surface area contributed by atoms with Crippen molar-refractivity contribution in [3.8, 4) is 0 Å². The molecule has 1 N–H and O–H groups in total. The molecule has 1 saturated heterocycles. The summed E-state index contributed by atoms with van der Waals surface area (Å²) < 4.78 is 0. The Bertz CT molecular complexity index is 570. The Morgan fingerprint density at radius 2 is 1.88 bits per heavy atom. The third-order valence-corrected chi connectivity index (χ3v) is 6.10. The van der Waals surface area contributed by atoms with Crippen molar-refractivity contribution in [3.05, 3.63) is 22.4 Å². The maximum atomic E-state index is 12.1. The molecule has 1 fully saturated rings. The zero-order valence-electron chi connectivity index (χ0n) is 14.5. The molecule has 0 aliphatic carbocycles. The normalized spacial score (nSPS) is 14.4. The van der Waals surface area contributed by atoms with Crippen LogP contribution in [0.1, 0.15) is 24.6 Å². The maximum absolute atomic E-state index is 12.1. The Hall–Kier alpha value is -1.54. The van der Waals surface area contributed by atoms with Crippen molar-refractivity contribution in [1.82, 2.24) is 15.1 Å². The average molecular weight is 384 g/mol. The summed E-state index contributed by atoms with van der Waals surface area (Å²) in [6, 6.07) is 4.15. The van der Waals surface area contributed by atoms with E-state index in [1.165, 1.54) is 4.88 Å². The van der Waals surface area contributed by atoms with Crippen LogP contribution in [0.2, 0.25) is 0 Å². The predicted molar refractivity (Wildman–Crippen MR) is 102 cm³/mol. The van der Waals surface area contributed by atoms with E-state index in [0.29, 0.717) is 32.7 Å². The lowest BCUT2D eigenvalue weighted by Gasteiger charge is -2.34. The van der Waals surface area contributed by atoms with Crippen molar-refractivity contribution < 1.29 is 14.4 Å². The van der Waals surface area contributed by atoms with Gasteiger partial charge in [0.15, 0.2) is 0 Å². The summed E-state index contributed by atoms with van der Waals surface area (Å²) in [7, 11) is 0. The van der Waals surface area contributed by atoms with Crippen LogP contribution in [0.3, 0.4) is 0 Å². The molecule has 1 aliphatic heterocycles. The van der Waals surface area contributed by atoms with Gasteiger partial charge in [-0.2, -0.15) is 11.8 Å². The van der Waals surface area contributed by atoms with E-state index in [1.807, 2.05) is 6.07 Å². The molecule has 1 aliphatic rings. The van der Waals surface area contributed by atoms with E-state index in [1.54, 1.807) is 39.8 Å². The van der Waals surface area contributed by atoms with Crippen LogP contribution in [0.25, 0.3) is 0 Å². The number of carbonyl (C=O) groups is 3. The van der Waals surface area contributed by atoms with Gasteiger partial charge in [-0.15, -0.1) is 11.3 Å². The van der Waals surface area contributed by atoms with Crippen LogP contribution in [-0.4, -0.2) is 66.0 Å². The molecule has 8 heteroatoms. The molecule has 0 aromatic carbocycles. The van der Waals surface area contributed by atoms with Crippen LogP contribution in [0.5, 0.6) is 0 Å². The van der Waals surface area contributed by atoms with Crippen molar-refractivity contribution in [2.45, 2.75) is 25.5 Å². The van der Waals surface area contributed by atoms with Gasteiger partial charge in [0.2, 0.25) is 17.7 Å². The van der Waals surface area contributed by atoms with Crippen LogP contribution in [0.4, 0.5) is 0 Å². The lowest BCUT2D eigenvalue weighted by Crippen LogP contribution is -2.50. The fraction of sp³-hybridized carbons (Fsp3) is 0.588. The summed E-state index contributed by atoms with van der Waals surface area (Å²) >= 11 is 3.53. The molecule has 0 radical (unpaired) electrons. The highest BCUT2D eigenvalue weighted by molar-refractivity contribution is 7.98. The van der Waals surface area contributed by atoms with Crippen LogP contribution in [0.15, 0.2) is 17.5 Å². The van der Waals surface area contributed by atoms with Gasteiger partial charge < -0.3 is 15.1 Å². The number of carbonyl (C=O) groups excluding carboxylic acids is 3. The molecule has 1 aromatic rings. The van der Waals surface area contributed by atoms with Crippen LogP contribution in [0, 0.1) is 0 Å². The minimum absolute atomic E-state index is 0.00887. The van der Waals surface area contributed by atoms with E-state index in [9.17, 15) is 14.4 Å². The van der Waals surface area contributed by atoms with Crippen molar-refractivity contribution in [2.24, 2.45) is 0 Å². The van der Waals surface area contributed by atoms with Gasteiger partial charge in [-0.3, -0.25) is 14.4 Å². The first-order valence-corrected chi connectivity index (χ1v) is 10.5. The average Bonchev–Trinajstić information content (AvgIpc) is 3.13. The smallest absolute Gasteiger partial charge is 0.223 e. The zero-order valence-corrected chi connectivity index (χ0v) is 16.2. The van der Waals surface area contributed by atoms with Crippen molar-refractivity contribution in [3.63, 3.8) is 0 Å². The molecule has 0 unspecified atom stereocenters. The quantitative estimate of drug-likeness (QED) is 0.692. The number of amides is 3. The molecule has 0 saturated carbocycles. The zero-order chi connectivity index (χ0) is 18.1. The molecule has 2 heterocycles. The topological polar surface area (TPSA) is 69.7 Å². The molecule has 0 atom stereocenters. The minimum atomic E-state index is -0.0764. The van der Waals surface area contributed by atoms with Crippen molar-refractivity contribution in [1.29, 1.82) is 0 Å². The Morgan fingerprint density at radius 1 is 1.16 bits per heavy atom. The highest BCUT2D eigenvalue weighted by Crippen LogP contribution is 2.16. The molecule has 0 spiro atoms. The van der Waals surface area contributed by atoms with Crippen molar-refractivity contribution >= 4 is 40.8 Å². The number of piperazine rings is 1. The summed E-state index contributed by atoms with van der Waals surface area (Å²) in [4.78, 5) is 40.0. The van der Waals surface area contributed by atoms with E-state index in [4.69, 9.17) is 0 Å². The van der Waals surface area contributed by atoms with Gasteiger partial charge in [-0.25, -0.2) is 0 Å². The van der Waals surface area contributed by atoms with E-state index >= 15 is 0 Å². The Kier molecular flexibility index (Phi) is 8.27. The number of hydrogen-bond acceptors (Lipinski definition) is 5. The third-order valence-electron chi connectivity index (χ3n) is 4.04. The van der Waals surface area contributed by atoms with Crippen molar-refractivity contribution in [2.75, 3.05) is 38.5 Å². The highest BCUT2D eigenvalue weighted by Gasteiger charge is 2.22. The van der Waals surface area contributed by atoms with E-state index in [0.717, 1.165) is 11.5 Å². The Morgan fingerprint density at radius 3 is 2.52 bits per heavy atom. The molecule has 1 aromatic heterocycles. The van der Waals surface area contributed by atoms with Crippen LogP contribution < -0.4 is 5.32 Å². The van der Waals surface area contributed by atoms with Crippen LogP contribution >= 0.6 is 23.1 Å². The molecular formula is C17H25N3O3S2. The summed E-state index contributed by atoms with van der Waals surface area (Å²) in [5.74, 6) is 1.80. The van der Waals surface area contributed by atoms with E-state index in [2.05, 4.69) is 16.8 Å². The number of rotatable bonds is 8. The Balaban J connectivity index is 1.52. The monoisotopic (exact) mass is 383 g/mol. The highest BCUT2D eigenvalue weighted by atomic mass is 32.2. The molecule has 2 rings (SSSR count).